The predicted octanol–water partition coefficient (Wildman–Crippen LogP) is 2.60. The van der Waals surface area contributed by atoms with E-state index in [1.165, 1.54) is 25.6 Å². The Labute approximate surface area is 152 Å². The minimum atomic E-state index is -0.551. The van der Waals surface area contributed by atoms with Crippen LogP contribution in [-0.2, 0) is 4.74 Å². The molecule has 26 heavy (non-hydrogen) atoms. The highest BCUT2D eigenvalue weighted by molar-refractivity contribution is 6.08. The third kappa shape index (κ3) is 4.24. The molecule has 0 radical (unpaired) electrons. The second-order valence-corrected chi connectivity index (χ2v) is 5.43. The smallest absolute Gasteiger partial charge is 0.339 e. The van der Waals surface area contributed by atoms with Crippen molar-refractivity contribution in [2.24, 2.45) is 0 Å². The van der Waals surface area contributed by atoms with Crippen LogP contribution in [0.3, 0.4) is 0 Å². The first-order chi connectivity index (χ1) is 12.5. The lowest BCUT2D eigenvalue weighted by molar-refractivity contribution is 0.0601. The van der Waals surface area contributed by atoms with Gasteiger partial charge in [-0.05, 0) is 32.0 Å². The van der Waals surface area contributed by atoms with E-state index in [2.05, 4.69) is 10.3 Å². The fraction of sp³-hybridized carbons (Fsp3) is 0.263. The van der Waals surface area contributed by atoms with Gasteiger partial charge in [0, 0.05) is 25.5 Å². The molecule has 0 spiro atoms. The van der Waals surface area contributed by atoms with E-state index in [1.807, 2.05) is 13.8 Å². The summed E-state index contributed by atoms with van der Waals surface area (Å²) in [7, 11) is 1.27. The van der Waals surface area contributed by atoms with Gasteiger partial charge in [0.2, 0.25) is 0 Å². The summed E-state index contributed by atoms with van der Waals surface area (Å²) in [6.45, 7) is 4.90. The zero-order valence-corrected chi connectivity index (χ0v) is 15.0. The van der Waals surface area contributed by atoms with Crippen molar-refractivity contribution < 1.29 is 19.1 Å². The van der Waals surface area contributed by atoms with Crippen LogP contribution in [0.25, 0.3) is 0 Å². The summed E-state index contributed by atoms with van der Waals surface area (Å²) < 4.78 is 4.71. The summed E-state index contributed by atoms with van der Waals surface area (Å²) >= 11 is 0. The molecular formula is C19H21N3O4. The Balaban J connectivity index is 2.25. The van der Waals surface area contributed by atoms with Crippen molar-refractivity contribution in [1.29, 1.82) is 0 Å². The van der Waals surface area contributed by atoms with Crippen molar-refractivity contribution in [3.8, 4) is 0 Å². The van der Waals surface area contributed by atoms with Crippen molar-refractivity contribution in [3.63, 3.8) is 0 Å². The molecule has 2 aromatic rings. The van der Waals surface area contributed by atoms with E-state index in [9.17, 15) is 14.4 Å². The summed E-state index contributed by atoms with van der Waals surface area (Å²) in [5, 5.41) is 2.66. The number of hydrogen-bond donors (Lipinski definition) is 1. The monoisotopic (exact) mass is 355 g/mol. The molecule has 0 saturated carbocycles. The number of nitrogens with one attached hydrogen (secondary N) is 1. The van der Waals surface area contributed by atoms with Crippen LogP contribution < -0.4 is 5.32 Å². The van der Waals surface area contributed by atoms with Gasteiger partial charge < -0.3 is 15.0 Å². The summed E-state index contributed by atoms with van der Waals surface area (Å²) in [6, 6.07) is 8.01. The summed E-state index contributed by atoms with van der Waals surface area (Å²) in [6.07, 6.45) is 2.80. The zero-order valence-electron chi connectivity index (χ0n) is 15.0. The zero-order chi connectivity index (χ0) is 19.1. The highest BCUT2D eigenvalue weighted by Crippen LogP contribution is 2.17. The van der Waals surface area contributed by atoms with E-state index in [0.29, 0.717) is 24.3 Å². The number of nitrogens with zero attached hydrogens (tertiary/aromatic N) is 2. The van der Waals surface area contributed by atoms with Crippen LogP contribution in [-0.4, -0.2) is 47.9 Å². The lowest BCUT2D eigenvalue weighted by Crippen LogP contribution is -2.30. The number of rotatable bonds is 6. The van der Waals surface area contributed by atoms with Crippen LogP contribution in [0, 0.1) is 0 Å². The maximum absolute atomic E-state index is 12.5. The van der Waals surface area contributed by atoms with Crippen LogP contribution in [0.4, 0.5) is 5.69 Å². The molecule has 1 aromatic heterocycles. The van der Waals surface area contributed by atoms with Gasteiger partial charge in [-0.25, -0.2) is 4.79 Å². The standard InChI is InChI=1S/C19H21N3O4/c1-4-22(5-2)18(24)14-10-13(11-20-12-14)17(23)21-16-9-7-6-8-15(16)19(25)26-3/h6-12H,4-5H2,1-3H3,(H,21,23). The second-order valence-electron chi connectivity index (χ2n) is 5.43. The number of benzene rings is 1. The van der Waals surface area contributed by atoms with Gasteiger partial charge >= 0.3 is 5.97 Å². The molecule has 1 aromatic carbocycles. The first-order valence-corrected chi connectivity index (χ1v) is 8.24. The molecule has 0 aliphatic rings. The normalized spacial score (nSPS) is 10.1. The highest BCUT2D eigenvalue weighted by Gasteiger charge is 2.17. The van der Waals surface area contributed by atoms with Gasteiger partial charge in [-0.15, -0.1) is 0 Å². The molecule has 7 heteroatoms. The van der Waals surface area contributed by atoms with Crippen molar-refractivity contribution in [3.05, 3.63) is 59.4 Å². The SMILES string of the molecule is CCN(CC)C(=O)c1cncc(C(=O)Nc2ccccc2C(=O)OC)c1. The van der Waals surface area contributed by atoms with E-state index in [1.54, 1.807) is 29.2 Å². The van der Waals surface area contributed by atoms with E-state index >= 15 is 0 Å². The Morgan fingerprint density at radius 1 is 1.08 bits per heavy atom. The molecule has 0 saturated heterocycles. The predicted molar refractivity (Wildman–Crippen MR) is 97.2 cm³/mol. The van der Waals surface area contributed by atoms with Crippen LogP contribution in [0.2, 0.25) is 0 Å². The van der Waals surface area contributed by atoms with E-state index < -0.39 is 11.9 Å². The lowest BCUT2D eigenvalue weighted by atomic mass is 10.1. The van der Waals surface area contributed by atoms with Crippen molar-refractivity contribution >= 4 is 23.5 Å². The molecule has 1 N–H and O–H groups in total. The number of amides is 2. The quantitative estimate of drug-likeness (QED) is 0.805. The maximum Gasteiger partial charge on any atom is 0.339 e. The third-order valence-corrected chi connectivity index (χ3v) is 3.88. The van der Waals surface area contributed by atoms with Gasteiger partial charge in [-0.3, -0.25) is 14.6 Å². The van der Waals surface area contributed by atoms with Crippen LogP contribution in [0.5, 0.6) is 0 Å². The molecule has 7 nitrogen and oxygen atoms in total. The Kier molecular flexibility index (Phi) is 6.43. The molecule has 0 aliphatic carbocycles. The van der Waals surface area contributed by atoms with Gasteiger partial charge in [0.05, 0.1) is 29.5 Å². The molecule has 2 amide bonds. The number of ether oxygens (including phenoxy) is 1. The Hall–Kier alpha value is -3.22. The number of aromatic nitrogens is 1. The topological polar surface area (TPSA) is 88.6 Å². The summed E-state index contributed by atoms with van der Waals surface area (Å²) in [5.74, 6) is -1.21. The van der Waals surface area contributed by atoms with Gasteiger partial charge in [-0.2, -0.15) is 0 Å². The van der Waals surface area contributed by atoms with E-state index in [-0.39, 0.29) is 17.0 Å². The summed E-state index contributed by atoms with van der Waals surface area (Å²) in [5.41, 5.74) is 1.13. The van der Waals surface area contributed by atoms with Crippen LogP contribution in [0.15, 0.2) is 42.7 Å². The second kappa shape index (κ2) is 8.75. The third-order valence-electron chi connectivity index (χ3n) is 3.88. The number of esters is 1. The lowest BCUT2D eigenvalue weighted by Gasteiger charge is -2.18. The number of carbonyl (C=O) groups excluding carboxylic acids is 3. The average Bonchev–Trinajstić information content (AvgIpc) is 2.68. The Morgan fingerprint density at radius 3 is 2.38 bits per heavy atom. The molecule has 2 rings (SSSR count). The molecule has 0 atom stereocenters. The van der Waals surface area contributed by atoms with Crippen molar-refractivity contribution in [2.75, 3.05) is 25.5 Å². The Morgan fingerprint density at radius 2 is 1.73 bits per heavy atom. The fourth-order valence-electron chi connectivity index (χ4n) is 2.45. The van der Waals surface area contributed by atoms with E-state index in [0.717, 1.165) is 0 Å². The van der Waals surface area contributed by atoms with E-state index in [4.69, 9.17) is 4.74 Å². The van der Waals surface area contributed by atoms with Crippen LogP contribution in [0.1, 0.15) is 44.9 Å². The van der Waals surface area contributed by atoms with Gasteiger partial charge in [0.1, 0.15) is 0 Å². The van der Waals surface area contributed by atoms with Gasteiger partial charge in [0.25, 0.3) is 11.8 Å². The molecule has 0 fully saturated rings. The minimum Gasteiger partial charge on any atom is -0.465 e. The molecule has 1 heterocycles. The number of methoxy groups -OCH3 is 1. The number of pyridine rings is 1. The number of carbonyl (C=O) groups is 3. The van der Waals surface area contributed by atoms with Gasteiger partial charge in [-0.1, -0.05) is 12.1 Å². The maximum atomic E-state index is 12.5. The van der Waals surface area contributed by atoms with Crippen LogP contribution >= 0.6 is 0 Å². The Bertz CT molecular complexity index is 816. The summed E-state index contributed by atoms with van der Waals surface area (Å²) in [4.78, 5) is 42.4. The molecule has 0 unspecified atom stereocenters. The molecular weight excluding hydrogens is 334 g/mol. The first-order valence-electron chi connectivity index (χ1n) is 8.24. The number of para-hydroxylation sites is 1. The van der Waals surface area contributed by atoms with Gasteiger partial charge in [0.15, 0.2) is 0 Å². The minimum absolute atomic E-state index is 0.188. The average molecular weight is 355 g/mol. The first kappa shape index (κ1) is 19.1. The van der Waals surface area contributed by atoms with Crippen molar-refractivity contribution in [1.82, 2.24) is 9.88 Å². The molecule has 0 bridgehead atoms. The number of hydrogen-bond acceptors (Lipinski definition) is 5. The number of anilines is 1. The fourth-order valence-corrected chi connectivity index (χ4v) is 2.45. The highest BCUT2D eigenvalue weighted by atomic mass is 16.5. The largest absolute Gasteiger partial charge is 0.465 e. The molecule has 136 valence electrons. The van der Waals surface area contributed by atoms with Crippen molar-refractivity contribution in [2.45, 2.75) is 13.8 Å². The molecule has 0 aliphatic heterocycles.